The van der Waals surface area contributed by atoms with Gasteiger partial charge in [-0.2, -0.15) is 0 Å². The molecule has 0 atom stereocenters. The lowest BCUT2D eigenvalue weighted by Crippen LogP contribution is -2.50. The van der Waals surface area contributed by atoms with Gasteiger partial charge in [-0.3, -0.25) is 9.59 Å². The van der Waals surface area contributed by atoms with Crippen LogP contribution in [0.2, 0.25) is 0 Å². The zero-order chi connectivity index (χ0) is 18.4. The second-order valence-corrected chi connectivity index (χ2v) is 7.33. The van der Waals surface area contributed by atoms with Crippen LogP contribution in [0.5, 0.6) is 0 Å². The number of likely N-dealkylation sites (tertiary alicyclic amines) is 1. The highest BCUT2D eigenvalue weighted by Crippen LogP contribution is 2.29. The van der Waals surface area contributed by atoms with Crippen LogP contribution in [0.25, 0.3) is 0 Å². The van der Waals surface area contributed by atoms with Crippen molar-refractivity contribution in [1.29, 1.82) is 0 Å². The Balaban J connectivity index is 1.65. The Kier molecular flexibility index (Phi) is 6.27. The van der Waals surface area contributed by atoms with Gasteiger partial charge < -0.3 is 20.3 Å². The second-order valence-electron chi connectivity index (χ2n) is 7.33. The van der Waals surface area contributed by atoms with Crippen molar-refractivity contribution in [3.63, 3.8) is 0 Å². The molecule has 6 heteroatoms. The molecule has 0 bridgehead atoms. The lowest BCUT2D eigenvalue weighted by molar-refractivity contribution is -0.136. The van der Waals surface area contributed by atoms with Gasteiger partial charge in [0.05, 0.1) is 12.0 Å². The standard InChI is InChI=1S/C20H29N3O3/c1-26-15-20(8-10-21-11-9-20)19(25)22-13-16-5-2-3-6-17(16)14-23-12-4-7-18(23)24/h2-3,5-6,21H,4,7-15H2,1H3,(H,22,25). The number of ether oxygens (including phenoxy) is 1. The first-order valence-electron chi connectivity index (χ1n) is 9.47. The number of hydrogen-bond donors (Lipinski definition) is 2. The Labute approximate surface area is 155 Å². The molecule has 0 spiro atoms. The number of rotatable bonds is 7. The molecule has 26 heavy (non-hydrogen) atoms. The van der Waals surface area contributed by atoms with E-state index >= 15 is 0 Å². The van der Waals surface area contributed by atoms with E-state index in [4.69, 9.17) is 4.74 Å². The Morgan fingerprint density at radius 3 is 2.65 bits per heavy atom. The Bertz CT molecular complexity index is 635. The van der Waals surface area contributed by atoms with Gasteiger partial charge in [-0.25, -0.2) is 0 Å². The van der Waals surface area contributed by atoms with Crippen molar-refractivity contribution in [3.8, 4) is 0 Å². The first kappa shape index (κ1) is 18.9. The summed E-state index contributed by atoms with van der Waals surface area (Å²) in [5.74, 6) is 0.283. The summed E-state index contributed by atoms with van der Waals surface area (Å²) in [7, 11) is 1.65. The molecule has 2 amide bonds. The predicted molar refractivity (Wildman–Crippen MR) is 99.4 cm³/mol. The highest BCUT2D eigenvalue weighted by atomic mass is 16.5. The average Bonchev–Trinajstić information content (AvgIpc) is 3.06. The van der Waals surface area contributed by atoms with E-state index < -0.39 is 5.41 Å². The summed E-state index contributed by atoms with van der Waals surface area (Å²) in [6.07, 6.45) is 3.16. The maximum absolute atomic E-state index is 12.9. The van der Waals surface area contributed by atoms with Gasteiger partial charge in [0.2, 0.25) is 11.8 Å². The van der Waals surface area contributed by atoms with Gasteiger partial charge in [0.15, 0.2) is 0 Å². The minimum atomic E-state index is -0.445. The topological polar surface area (TPSA) is 70.7 Å². The molecule has 3 rings (SSSR count). The first-order valence-corrected chi connectivity index (χ1v) is 9.47. The molecule has 0 saturated carbocycles. The Hall–Kier alpha value is -1.92. The van der Waals surface area contributed by atoms with Crippen LogP contribution in [-0.4, -0.2) is 50.1 Å². The van der Waals surface area contributed by atoms with Gasteiger partial charge in [-0.15, -0.1) is 0 Å². The van der Waals surface area contributed by atoms with Crippen LogP contribution in [0.1, 0.15) is 36.8 Å². The van der Waals surface area contributed by atoms with E-state index in [2.05, 4.69) is 10.6 Å². The summed E-state index contributed by atoms with van der Waals surface area (Å²) >= 11 is 0. The van der Waals surface area contributed by atoms with Crippen LogP contribution in [-0.2, 0) is 27.4 Å². The number of nitrogens with zero attached hydrogens (tertiary/aromatic N) is 1. The van der Waals surface area contributed by atoms with E-state index in [0.29, 0.717) is 26.1 Å². The number of nitrogens with one attached hydrogen (secondary N) is 2. The molecule has 2 saturated heterocycles. The summed E-state index contributed by atoms with van der Waals surface area (Å²) in [6.45, 7) is 4.05. The van der Waals surface area contributed by atoms with Gasteiger partial charge in [0.25, 0.3) is 0 Å². The number of carbonyl (C=O) groups excluding carboxylic acids is 2. The highest BCUT2D eigenvalue weighted by Gasteiger charge is 2.39. The van der Waals surface area contributed by atoms with Crippen LogP contribution < -0.4 is 10.6 Å². The molecule has 1 aromatic carbocycles. The van der Waals surface area contributed by atoms with Crippen molar-refractivity contribution in [3.05, 3.63) is 35.4 Å². The molecule has 6 nitrogen and oxygen atoms in total. The van der Waals surface area contributed by atoms with Crippen molar-refractivity contribution in [1.82, 2.24) is 15.5 Å². The summed E-state index contributed by atoms with van der Waals surface area (Å²) in [6, 6.07) is 8.04. The first-order chi connectivity index (χ1) is 12.6. The van der Waals surface area contributed by atoms with Gasteiger partial charge >= 0.3 is 0 Å². The molecule has 142 valence electrons. The van der Waals surface area contributed by atoms with Crippen LogP contribution in [0, 0.1) is 5.41 Å². The zero-order valence-electron chi connectivity index (χ0n) is 15.6. The maximum Gasteiger partial charge on any atom is 0.228 e. The fraction of sp³-hybridized carbons (Fsp3) is 0.600. The number of carbonyl (C=O) groups is 2. The van der Waals surface area contributed by atoms with Crippen LogP contribution in [0.3, 0.4) is 0 Å². The minimum absolute atomic E-state index is 0.0629. The zero-order valence-corrected chi connectivity index (χ0v) is 15.6. The molecule has 1 aromatic rings. The Morgan fingerprint density at radius 2 is 2.00 bits per heavy atom. The normalized spacial score (nSPS) is 19.6. The Morgan fingerprint density at radius 1 is 1.27 bits per heavy atom. The number of methoxy groups -OCH3 is 1. The quantitative estimate of drug-likeness (QED) is 0.773. The monoisotopic (exact) mass is 359 g/mol. The molecule has 0 radical (unpaired) electrons. The second kappa shape index (κ2) is 8.64. The van der Waals surface area contributed by atoms with Crippen LogP contribution in [0.4, 0.5) is 0 Å². The maximum atomic E-state index is 12.9. The van der Waals surface area contributed by atoms with E-state index in [1.54, 1.807) is 7.11 Å². The molecule has 2 N–H and O–H groups in total. The third-order valence-electron chi connectivity index (χ3n) is 5.55. The molecule has 0 aromatic heterocycles. The van der Waals surface area contributed by atoms with Crippen molar-refractivity contribution in [2.45, 2.75) is 38.8 Å². The van der Waals surface area contributed by atoms with Crippen molar-refractivity contribution in [2.24, 2.45) is 5.41 Å². The van der Waals surface area contributed by atoms with Gasteiger partial charge in [0, 0.05) is 33.2 Å². The van der Waals surface area contributed by atoms with E-state index in [1.807, 2.05) is 29.2 Å². The molecule has 0 aliphatic carbocycles. The fourth-order valence-electron chi connectivity index (χ4n) is 3.94. The van der Waals surface area contributed by atoms with Gasteiger partial charge in [0.1, 0.15) is 0 Å². The van der Waals surface area contributed by atoms with Crippen molar-refractivity contribution >= 4 is 11.8 Å². The van der Waals surface area contributed by atoms with E-state index in [-0.39, 0.29) is 11.8 Å². The minimum Gasteiger partial charge on any atom is -0.384 e. The van der Waals surface area contributed by atoms with E-state index in [9.17, 15) is 9.59 Å². The number of amides is 2. The van der Waals surface area contributed by atoms with Crippen LogP contribution in [0.15, 0.2) is 24.3 Å². The van der Waals surface area contributed by atoms with Gasteiger partial charge in [-0.1, -0.05) is 24.3 Å². The third kappa shape index (κ3) is 4.24. The summed E-state index contributed by atoms with van der Waals surface area (Å²) in [5, 5.41) is 6.43. The van der Waals surface area contributed by atoms with Crippen molar-refractivity contribution in [2.75, 3.05) is 33.4 Å². The van der Waals surface area contributed by atoms with E-state index in [0.717, 1.165) is 50.0 Å². The molecule has 0 unspecified atom stereocenters. The lowest BCUT2D eigenvalue weighted by Gasteiger charge is -2.35. The molecular formula is C20H29N3O3. The van der Waals surface area contributed by atoms with Crippen LogP contribution >= 0.6 is 0 Å². The third-order valence-corrected chi connectivity index (χ3v) is 5.55. The molecule has 2 aliphatic heterocycles. The van der Waals surface area contributed by atoms with Crippen molar-refractivity contribution < 1.29 is 14.3 Å². The lowest BCUT2D eigenvalue weighted by atomic mass is 9.78. The number of hydrogen-bond acceptors (Lipinski definition) is 4. The van der Waals surface area contributed by atoms with Gasteiger partial charge in [-0.05, 0) is 43.5 Å². The molecular weight excluding hydrogens is 330 g/mol. The fourth-order valence-corrected chi connectivity index (χ4v) is 3.94. The largest absolute Gasteiger partial charge is 0.384 e. The average molecular weight is 359 g/mol. The number of benzene rings is 1. The molecule has 2 fully saturated rings. The molecule has 2 heterocycles. The number of piperidine rings is 1. The highest BCUT2D eigenvalue weighted by molar-refractivity contribution is 5.83. The van der Waals surface area contributed by atoms with E-state index in [1.165, 1.54) is 0 Å². The summed E-state index contributed by atoms with van der Waals surface area (Å²) in [4.78, 5) is 26.7. The SMILES string of the molecule is COCC1(C(=O)NCc2ccccc2CN2CCCC2=O)CCNCC1. The smallest absolute Gasteiger partial charge is 0.228 e. The molecule has 2 aliphatic rings. The predicted octanol–water partition coefficient (Wildman–Crippen LogP) is 1.44. The summed E-state index contributed by atoms with van der Waals surface area (Å²) < 4.78 is 5.35. The summed E-state index contributed by atoms with van der Waals surface area (Å²) in [5.41, 5.74) is 1.73.